The first-order valence-electron chi connectivity index (χ1n) is 5.82. The number of aromatic nitrogens is 1. The van der Waals surface area contributed by atoms with E-state index in [1.165, 1.54) is 18.2 Å². The summed E-state index contributed by atoms with van der Waals surface area (Å²) in [6.07, 6.45) is 1.90. The van der Waals surface area contributed by atoms with Crippen LogP contribution in [-0.2, 0) is 6.54 Å². The molecule has 0 aliphatic rings. The predicted octanol–water partition coefficient (Wildman–Crippen LogP) is 4.73. The minimum atomic E-state index is -0.285. The molecule has 0 aliphatic heterocycles. The Bertz CT molecular complexity index is 749. The zero-order valence-electron chi connectivity index (χ0n) is 9.91. The number of benzene rings is 2. The molecular formula is C15H10BrF2N. The topological polar surface area (TPSA) is 4.93 Å². The lowest BCUT2D eigenvalue weighted by molar-refractivity contribution is 0.619. The second-order valence-corrected chi connectivity index (χ2v) is 5.25. The SMILES string of the molecule is Fc1ccc2ccn(Cc3ccc(F)c(Br)c3)c2c1. The van der Waals surface area contributed by atoms with Gasteiger partial charge in [-0.1, -0.05) is 6.07 Å². The van der Waals surface area contributed by atoms with Crippen LogP contribution in [0.25, 0.3) is 10.9 Å². The zero-order valence-corrected chi connectivity index (χ0v) is 11.5. The molecule has 2 aromatic carbocycles. The molecule has 0 atom stereocenters. The van der Waals surface area contributed by atoms with Crippen molar-refractivity contribution in [1.82, 2.24) is 4.57 Å². The summed E-state index contributed by atoms with van der Waals surface area (Å²) in [5.41, 5.74) is 1.79. The Labute approximate surface area is 117 Å². The van der Waals surface area contributed by atoms with E-state index < -0.39 is 0 Å². The van der Waals surface area contributed by atoms with Gasteiger partial charge in [-0.25, -0.2) is 8.78 Å². The second-order valence-electron chi connectivity index (χ2n) is 4.40. The van der Waals surface area contributed by atoms with Crippen molar-refractivity contribution in [3.8, 4) is 0 Å². The van der Waals surface area contributed by atoms with Gasteiger partial charge < -0.3 is 4.57 Å². The van der Waals surface area contributed by atoms with E-state index >= 15 is 0 Å². The summed E-state index contributed by atoms with van der Waals surface area (Å²) in [7, 11) is 0. The fourth-order valence-electron chi connectivity index (χ4n) is 2.13. The summed E-state index contributed by atoms with van der Waals surface area (Å²) in [4.78, 5) is 0. The normalized spacial score (nSPS) is 11.1. The van der Waals surface area contributed by atoms with Crippen LogP contribution in [0.1, 0.15) is 5.56 Å². The molecule has 0 N–H and O–H groups in total. The minimum Gasteiger partial charge on any atom is -0.343 e. The summed E-state index contributed by atoms with van der Waals surface area (Å²) in [6, 6.07) is 11.5. The third-order valence-corrected chi connectivity index (χ3v) is 3.68. The van der Waals surface area contributed by atoms with Crippen molar-refractivity contribution in [3.05, 3.63) is 70.3 Å². The highest BCUT2D eigenvalue weighted by Crippen LogP contribution is 2.21. The summed E-state index contributed by atoms with van der Waals surface area (Å²) in [5.74, 6) is -0.542. The van der Waals surface area contributed by atoms with Gasteiger partial charge in [-0.2, -0.15) is 0 Å². The van der Waals surface area contributed by atoms with Crippen molar-refractivity contribution >= 4 is 26.8 Å². The molecule has 0 aliphatic carbocycles. The van der Waals surface area contributed by atoms with Gasteiger partial charge in [0.25, 0.3) is 0 Å². The smallest absolute Gasteiger partial charge is 0.137 e. The van der Waals surface area contributed by atoms with E-state index in [2.05, 4.69) is 15.9 Å². The summed E-state index contributed by atoms with van der Waals surface area (Å²) >= 11 is 3.17. The summed E-state index contributed by atoms with van der Waals surface area (Å²) in [5, 5.41) is 0.988. The Morgan fingerprint density at radius 2 is 1.84 bits per heavy atom. The van der Waals surface area contributed by atoms with Crippen molar-refractivity contribution in [2.24, 2.45) is 0 Å². The maximum atomic E-state index is 13.3. The first kappa shape index (κ1) is 12.4. The van der Waals surface area contributed by atoms with Crippen LogP contribution >= 0.6 is 15.9 Å². The Hall–Kier alpha value is -1.68. The molecule has 1 heterocycles. The molecule has 1 aromatic heterocycles. The van der Waals surface area contributed by atoms with E-state index in [0.29, 0.717) is 11.0 Å². The van der Waals surface area contributed by atoms with Gasteiger partial charge in [0.1, 0.15) is 11.6 Å². The number of halogens is 3. The second kappa shape index (κ2) is 4.78. The zero-order chi connectivity index (χ0) is 13.4. The van der Waals surface area contributed by atoms with Crippen LogP contribution in [0.2, 0.25) is 0 Å². The molecule has 19 heavy (non-hydrogen) atoms. The van der Waals surface area contributed by atoms with Gasteiger partial charge in [-0.15, -0.1) is 0 Å². The van der Waals surface area contributed by atoms with Gasteiger partial charge in [-0.3, -0.25) is 0 Å². The molecule has 96 valence electrons. The molecule has 4 heteroatoms. The Morgan fingerprint density at radius 3 is 2.63 bits per heavy atom. The van der Waals surface area contributed by atoms with E-state index in [1.807, 2.05) is 16.8 Å². The third kappa shape index (κ3) is 2.40. The first-order chi connectivity index (χ1) is 9.13. The fraction of sp³-hybridized carbons (Fsp3) is 0.0667. The van der Waals surface area contributed by atoms with Gasteiger partial charge in [0, 0.05) is 12.7 Å². The fourth-order valence-corrected chi connectivity index (χ4v) is 2.56. The number of hydrogen-bond acceptors (Lipinski definition) is 0. The van der Waals surface area contributed by atoms with Crippen molar-refractivity contribution in [2.75, 3.05) is 0 Å². The number of fused-ring (bicyclic) bond motifs is 1. The molecule has 0 fully saturated rings. The minimum absolute atomic E-state index is 0.257. The van der Waals surface area contributed by atoms with Crippen molar-refractivity contribution < 1.29 is 8.78 Å². The highest BCUT2D eigenvalue weighted by atomic mass is 79.9. The van der Waals surface area contributed by atoms with Crippen LogP contribution in [0.5, 0.6) is 0 Å². The molecule has 0 unspecified atom stereocenters. The molecule has 0 saturated heterocycles. The van der Waals surface area contributed by atoms with E-state index in [1.54, 1.807) is 18.2 Å². The van der Waals surface area contributed by atoms with Crippen LogP contribution in [0, 0.1) is 11.6 Å². The molecule has 0 amide bonds. The Kier molecular flexibility index (Phi) is 3.11. The standard InChI is InChI=1S/C15H10BrF2N/c16-13-7-10(1-4-14(13)18)9-19-6-5-11-2-3-12(17)8-15(11)19/h1-8H,9H2. The third-order valence-electron chi connectivity index (χ3n) is 3.07. The average Bonchev–Trinajstić information content (AvgIpc) is 2.77. The van der Waals surface area contributed by atoms with Crippen LogP contribution in [0.3, 0.4) is 0 Å². The van der Waals surface area contributed by atoms with Crippen LogP contribution in [0.4, 0.5) is 8.78 Å². The van der Waals surface area contributed by atoms with E-state index in [4.69, 9.17) is 0 Å². The van der Waals surface area contributed by atoms with Gasteiger partial charge in [0.2, 0.25) is 0 Å². The van der Waals surface area contributed by atoms with Gasteiger partial charge in [0.15, 0.2) is 0 Å². The first-order valence-corrected chi connectivity index (χ1v) is 6.61. The Balaban J connectivity index is 2.00. The molecular weight excluding hydrogens is 312 g/mol. The summed E-state index contributed by atoms with van der Waals surface area (Å²) in [6.45, 7) is 0.575. The Morgan fingerprint density at radius 1 is 1.00 bits per heavy atom. The lowest BCUT2D eigenvalue weighted by atomic mass is 10.2. The van der Waals surface area contributed by atoms with Gasteiger partial charge in [0.05, 0.1) is 9.99 Å². The lowest BCUT2D eigenvalue weighted by Gasteiger charge is -2.07. The lowest BCUT2D eigenvalue weighted by Crippen LogP contribution is -1.98. The van der Waals surface area contributed by atoms with Crippen molar-refractivity contribution in [2.45, 2.75) is 6.54 Å². The van der Waals surface area contributed by atoms with E-state index in [-0.39, 0.29) is 11.6 Å². The van der Waals surface area contributed by atoms with Crippen LogP contribution in [0.15, 0.2) is 53.1 Å². The average molecular weight is 322 g/mol. The predicted molar refractivity (Wildman–Crippen MR) is 75.1 cm³/mol. The maximum Gasteiger partial charge on any atom is 0.137 e. The maximum absolute atomic E-state index is 13.3. The molecule has 0 spiro atoms. The van der Waals surface area contributed by atoms with Gasteiger partial charge in [-0.05, 0) is 63.3 Å². The van der Waals surface area contributed by atoms with Crippen LogP contribution in [-0.4, -0.2) is 4.57 Å². The monoisotopic (exact) mass is 321 g/mol. The van der Waals surface area contributed by atoms with Gasteiger partial charge >= 0.3 is 0 Å². The van der Waals surface area contributed by atoms with Crippen LogP contribution < -0.4 is 0 Å². The highest BCUT2D eigenvalue weighted by molar-refractivity contribution is 9.10. The summed E-state index contributed by atoms with van der Waals surface area (Å²) < 4.78 is 28.8. The molecule has 0 bridgehead atoms. The molecule has 0 saturated carbocycles. The van der Waals surface area contributed by atoms with E-state index in [9.17, 15) is 8.78 Å². The number of nitrogens with zero attached hydrogens (tertiary/aromatic N) is 1. The molecule has 1 nitrogen and oxygen atoms in total. The quantitative estimate of drug-likeness (QED) is 0.643. The highest BCUT2D eigenvalue weighted by Gasteiger charge is 2.05. The van der Waals surface area contributed by atoms with Crippen molar-refractivity contribution in [1.29, 1.82) is 0 Å². The number of rotatable bonds is 2. The van der Waals surface area contributed by atoms with Crippen molar-refractivity contribution in [3.63, 3.8) is 0 Å². The van der Waals surface area contributed by atoms with E-state index in [0.717, 1.165) is 16.5 Å². The molecule has 3 aromatic rings. The largest absolute Gasteiger partial charge is 0.343 e. The molecule has 0 radical (unpaired) electrons. The number of hydrogen-bond donors (Lipinski definition) is 0. The molecule has 3 rings (SSSR count).